The Labute approximate surface area is 82.1 Å². The lowest BCUT2D eigenvalue weighted by Gasteiger charge is -2.07. The maximum atomic E-state index is 12.8. The standard InChI is InChI=1S/C9H6F4O2/c10-7-2-1-5(4-9(11,12)13)3-6(7)8(14)15/h1-3H,4H2,(H,14,15). The van der Waals surface area contributed by atoms with Gasteiger partial charge in [-0.25, -0.2) is 9.18 Å². The fourth-order valence-electron chi connectivity index (χ4n) is 1.08. The van der Waals surface area contributed by atoms with Crippen LogP contribution in [0.1, 0.15) is 15.9 Å². The topological polar surface area (TPSA) is 37.3 Å². The van der Waals surface area contributed by atoms with Gasteiger partial charge in [-0.1, -0.05) is 6.07 Å². The second-order valence-electron chi connectivity index (χ2n) is 2.91. The fourth-order valence-corrected chi connectivity index (χ4v) is 1.08. The number of carboxylic acids is 1. The van der Waals surface area contributed by atoms with Gasteiger partial charge in [0.1, 0.15) is 5.82 Å². The van der Waals surface area contributed by atoms with Gasteiger partial charge >= 0.3 is 12.1 Å². The summed E-state index contributed by atoms with van der Waals surface area (Å²) in [5.41, 5.74) is -1.03. The van der Waals surface area contributed by atoms with Crippen LogP contribution < -0.4 is 0 Å². The zero-order chi connectivity index (χ0) is 11.6. The fraction of sp³-hybridized carbons (Fsp3) is 0.222. The minimum Gasteiger partial charge on any atom is -0.478 e. The first kappa shape index (κ1) is 11.5. The summed E-state index contributed by atoms with van der Waals surface area (Å²) in [5, 5.41) is 8.47. The number of halogens is 4. The zero-order valence-corrected chi connectivity index (χ0v) is 7.31. The molecule has 15 heavy (non-hydrogen) atoms. The molecule has 6 heteroatoms. The number of hydrogen-bond acceptors (Lipinski definition) is 1. The van der Waals surface area contributed by atoms with Gasteiger partial charge in [0.05, 0.1) is 12.0 Å². The van der Waals surface area contributed by atoms with Crippen molar-refractivity contribution in [3.8, 4) is 0 Å². The van der Waals surface area contributed by atoms with E-state index in [2.05, 4.69) is 0 Å². The van der Waals surface area contributed by atoms with Gasteiger partial charge < -0.3 is 5.11 Å². The second-order valence-corrected chi connectivity index (χ2v) is 2.91. The normalized spacial score (nSPS) is 11.5. The lowest BCUT2D eigenvalue weighted by molar-refractivity contribution is -0.127. The van der Waals surface area contributed by atoms with Crippen molar-refractivity contribution in [3.05, 3.63) is 35.1 Å². The lowest BCUT2D eigenvalue weighted by Crippen LogP contribution is -2.12. The van der Waals surface area contributed by atoms with E-state index < -0.39 is 29.9 Å². The molecule has 0 fully saturated rings. The molecule has 0 saturated carbocycles. The Morgan fingerprint density at radius 3 is 2.40 bits per heavy atom. The molecule has 0 unspecified atom stereocenters. The van der Waals surface area contributed by atoms with Crippen LogP contribution in [0.3, 0.4) is 0 Å². The van der Waals surface area contributed by atoms with Gasteiger partial charge in [0.2, 0.25) is 0 Å². The molecule has 1 aromatic carbocycles. The van der Waals surface area contributed by atoms with Crippen molar-refractivity contribution < 1.29 is 27.5 Å². The third-order valence-corrected chi connectivity index (χ3v) is 1.67. The van der Waals surface area contributed by atoms with Crippen LogP contribution in [0.4, 0.5) is 17.6 Å². The highest BCUT2D eigenvalue weighted by Crippen LogP contribution is 2.22. The maximum Gasteiger partial charge on any atom is 0.393 e. The van der Waals surface area contributed by atoms with Gasteiger partial charge in [0, 0.05) is 0 Å². The summed E-state index contributed by atoms with van der Waals surface area (Å²) in [5.74, 6) is -2.63. The summed E-state index contributed by atoms with van der Waals surface area (Å²) in [6, 6.07) is 2.31. The number of carboxylic acid groups (broad SMARTS) is 1. The number of hydrogen-bond donors (Lipinski definition) is 1. The number of aromatic carboxylic acids is 1. The zero-order valence-electron chi connectivity index (χ0n) is 7.31. The Bertz CT molecular complexity index is 384. The summed E-state index contributed by atoms with van der Waals surface area (Å²) in [6.45, 7) is 0. The molecule has 0 radical (unpaired) electrons. The van der Waals surface area contributed by atoms with Crippen LogP contribution in [0.25, 0.3) is 0 Å². The van der Waals surface area contributed by atoms with Crippen molar-refractivity contribution in [1.29, 1.82) is 0 Å². The molecule has 1 rings (SSSR count). The van der Waals surface area contributed by atoms with Gasteiger partial charge in [-0.3, -0.25) is 0 Å². The minimum absolute atomic E-state index is 0.277. The Balaban J connectivity index is 3.03. The first-order valence-corrected chi connectivity index (χ1v) is 3.88. The van der Waals surface area contributed by atoms with E-state index in [1.165, 1.54) is 0 Å². The van der Waals surface area contributed by atoms with Crippen LogP contribution in [0.5, 0.6) is 0 Å². The molecular formula is C9H6F4O2. The molecule has 0 aliphatic carbocycles. The lowest BCUT2D eigenvalue weighted by atomic mass is 10.1. The van der Waals surface area contributed by atoms with Crippen molar-refractivity contribution >= 4 is 5.97 Å². The largest absolute Gasteiger partial charge is 0.478 e. The molecule has 2 nitrogen and oxygen atoms in total. The Kier molecular flexibility index (Phi) is 2.97. The van der Waals surface area contributed by atoms with Crippen LogP contribution in [-0.2, 0) is 6.42 Å². The van der Waals surface area contributed by atoms with E-state index in [0.29, 0.717) is 12.1 Å². The molecule has 82 valence electrons. The molecule has 0 amide bonds. The van der Waals surface area contributed by atoms with E-state index in [0.717, 1.165) is 6.07 Å². The predicted octanol–water partition coefficient (Wildman–Crippen LogP) is 2.63. The van der Waals surface area contributed by atoms with E-state index in [1.54, 1.807) is 0 Å². The van der Waals surface area contributed by atoms with Gasteiger partial charge in [-0.2, -0.15) is 13.2 Å². The van der Waals surface area contributed by atoms with Gasteiger partial charge in [-0.05, 0) is 17.7 Å². The van der Waals surface area contributed by atoms with Crippen molar-refractivity contribution in [2.45, 2.75) is 12.6 Å². The molecule has 0 atom stereocenters. The van der Waals surface area contributed by atoms with Gasteiger partial charge in [-0.15, -0.1) is 0 Å². The Morgan fingerprint density at radius 1 is 1.33 bits per heavy atom. The Hall–Kier alpha value is -1.59. The third-order valence-electron chi connectivity index (χ3n) is 1.67. The van der Waals surface area contributed by atoms with E-state index >= 15 is 0 Å². The average molecular weight is 222 g/mol. The first-order chi connectivity index (χ1) is 6.79. The smallest absolute Gasteiger partial charge is 0.393 e. The van der Waals surface area contributed by atoms with Crippen molar-refractivity contribution in [1.82, 2.24) is 0 Å². The van der Waals surface area contributed by atoms with Crippen LogP contribution in [0.15, 0.2) is 18.2 Å². The number of benzene rings is 1. The average Bonchev–Trinajstić information content (AvgIpc) is 2.05. The quantitative estimate of drug-likeness (QED) is 0.781. The van der Waals surface area contributed by atoms with Gasteiger partial charge in [0.25, 0.3) is 0 Å². The highest BCUT2D eigenvalue weighted by molar-refractivity contribution is 5.88. The summed E-state index contributed by atoms with van der Waals surface area (Å²) in [7, 11) is 0. The van der Waals surface area contributed by atoms with Crippen molar-refractivity contribution in [3.63, 3.8) is 0 Å². The summed E-state index contributed by atoms with van der Waals surface area (Å²) in [6.07, 6.45) is -5.71. The van der Waals surface area contributed by atoms with E-state index in [4.69, 9.17) is 5.11 Å². The molecular weight excluding hydrogens is 216 g/mol. The molecule has 0 bridgehead atoms. The van der Waals surface area contributed by atoms with E-state index in [9.17, 15) is 22.4 Å². The molecule has 0 aromatic heterocycles. The van der Waals surface area contributed by atoms with Gasteiger partial charge in [0.15, 0.2) is 0 Å². The van der Waals surface area contributed by atoms with E-state index in [-0.39, 0.29) is 5.56 Å². The van der Waals surface area contributed by atoms with Crippen molar-refractivity contribution in [2.24, 2.45) is 0 Å². The summed E-state index contributed by atoms with van der Waals surface area (Å²) < 4.78 is 48.6. The Morgan fingerprint density at radius 2 is 1.93 bits per heavy atom. The third kappa shape index (κ3) is 3.23. The van der Waals surface area contributed by atoms with Crippen LogP contribution in [0, 0.1) is 5.82 Å². The predicted molar refractivity (Wildman–Crippen MR) is 43.1 cm³/mol. The highest BCUT2D eigenvalue weighted by atomic mass is 19.4. The number of carbonyl (C=O) groups is 1. The first-order valence-electron chi connectivity index (χ1n) is 3.88. The molecule has 1 N–H and O–H groups in total. The minimum atomic E-state index is -4.44. The molecule has 0 aliphatic heterocycles. The summed E-state index contributed by atoms with van der Waals surface area (Å²) in [4.78, 5) is 10.4. The summed E-state index contributed by atoms with van der Waals surface area (Å²) >= 11 is 0. The second kappa shape index (κ2) is 3.88. The molecule has 0 spiro atoms. The number of rotatable bonds is 2. The molecule has 1 aromatic rings. The number of alkyl halides is 3. The monoisotopic (exact) mass is 222 g/mol. The van der Waals surface area contributed by atoms with Crippen molar-refractivity contribution in [2.75, 3.05) is 0 Å². The van der Waals surface area contributed by atoms with Crippen LogP contribution >= 0.6 is 0 Å². The molecule has 0 aliphatic rings. The molecule has 0 heterocycles. The van der Waals surface area contributed by atoms with Crippen LogP contribution in [0.2, 0.25) is 0 Å². The highest BCUT2D eigenvalue weighted by Gasteiger charge is 2.28. The molecule has 0 saturated heterocycles. The maximum absolute atomic E-state index is 12.8. The van der Waals surface area contributed by atoms with Crippen LogP contribution in [-0.4, -0.2) is 17.3 Å². The SMILES string of the molecule is O=C(O)c1cc(CC(F)(F)F)ccc1F. The van der Waals surface area contributed by atoms with E-state index in [1.807, 2.05) is 0 Å².